The summed E-state index contributed by atoms with van der Waals surface area (Å²) in [5.74, 6) is 0.0957. The van der Waals surface area contributed by atoms with Gasteiger partial charge in [-0.3, -0.25) is 0 Å². The Morgan fingerprint density at radius 2 is 2.06 bits per heavy atom. The monoisotopic (exact) mass is 325 g/mol. The Morgan fingerprint density at radius 1 is 1.44 bits per heavy atom. The fourth-order valence-electron chi connectivity index (χ4n) is 1.50. The predicted octanol–water partition coefficient (Wildman–Crippen LogP) is 2.53. The summed E-state index contributed by atoms with van der Waals surface area (Å²) >= 11 is 4.56. The molecule has 6 heteroatoms. The quantitative estimate of drug-likeness (QED) is 0.904. The minimum Gasteiger partial charge on any atom is -0.318 e. The highest BCUT2D eigenvalue weighted by atomic mass is 79.9. The number of thiophene rings is 1. The van der Waals surface area contributed by atoms with E-state index in [-0.39, 0.29) is 11.2 Å². The molecule has 0 amide bonds. The molecule has 0 aliphatic heterocycles. The zero-order chi connectivity index (χ0) is 12.3. The number of hydrogen-bond acceptors (Lipinski definition) is 4. The topological polar surface area (TPSA) is 46.2 Å². The third-order valence-corrected chi connectivity index (χ3v) is 6.95. The van der Waals surface area contributed by atoms with Crippen molar-refractivity contribution in [1.29, 1.82) is 0 Å². The molecule has 1 aromatic rings. The maximum atomic E-state index is 12.3. The first kappa shape index (κ1) is 14.2. The molecule has 0 fully saturated rings. The van der Waals surface area contributed by atoms with Crippen LogP contribution in [0.1, 0.15) is 13.8 Å². The number of sulfone groups is 1. The maximum Gasteiger partial charge on any atom is 0.192 e. The van der Waals surface area contributed by atoms with Crippen LogP contribution in [-0.4, -0.2) is 27.3 Å². The molecule has 1 unspecified atom stereocenters. The zero-order valence-corrected chi connectivity index (χ0v) is 12.7. The van der Waals surface area contributed by atoms with Crippen LogP contribution in [0.3, 0.4) is 0 Å². The van der Waals surface area contributed by atoms with E-state index in [0.29, 0.717) is 10.8 Å². The van der Waals surface area contributed by atoms with Gasteiger partial charge in [-0.25, -0.2) is 8.42 Å². The van der Waals surface area contributed by atoms with Crippen LogP contribution in [0, 0.1) is 5.92 Å². The van der Waals surface area contributed by atoms with Gasteiger partial charge < -0.3 is 5.32 Å². The summed E-state index contributed by atoms with van der Waals surface area (Å²) in [5.41, 5.74) is 0. The van der Waals surface area contributed by atoms with Crippen LogP contribution >= 0.6 is 27.3 Å². The molecule has 3 nitrogen and oxygen atoms in total. The highest BCUT2D eigenvalue weighted by Crippen LogP contribution is 2.30. The average molecular weight is 326 g/mol. The molecule has 0 spiro atoms. The minimum atomic E-state index is -3.22. The van der Waals surface area contributed by atoms with Gasteiger partial charge in [-0.1, -0.05) is 13.8 Å². The summed E-state index contributed by atoms with van der Waals surface area (Å²) in [6.07, 6.45) is 0. The van der Waals surface area contributed by atoms with Gasteiger partial charge in [-0.15, -0.1) is 11.3 Å². The third kappa shape index (κ3) is 3.06. The second-order valence-corrected chi connectivity index (χ2v) is 8.80. The summed E-state index contributed by atoms with van der Waals surface area (Å²) in [5, 5.41) is 2.57. The average Bonchev–Trinajstić information content (AvgIpc) is 2.61. The lowest BCUT2D eigenvalue weighted by molar-refractivity contribution is 0.518. The third-order valence-electron chi connectivity index (χ3n) is 2.38. The summed E-state index contributed by atoms with van der Waals surface area (Å²) in [6.45, 7) is 4.35. The van der Waals surface area contributed by atoms with Gasteiger partial charge >= 0.3 is 0 Å². The lowest BCUT2D eigenvalue weighted by Gasteiger charge is -2.19. The fraction of sp³-hybridized carbons (Fsp3) is 0.600. The standard InChI is InChI=1S/C10H16BrNO2S2/c1-7(2)8(6-12-3)16(13,14)10-5-4-9(11)15-10/h4-5,7-8,12H,6H2,1-3H3. The Balaban J connectivity index is 3.08. The van der Waals surface area contributed by atoms with E-state index in [1.165, 1.54) is 11.3 Å². The molecule has 1 N–H and O–H groups in total. The molecule has 16 heavy (non-hydrogen) atoms. The number of nitrogens with one attached hydrogen (secondary N) is 1. The summed E-state index contributed by atoms with van der Waals surface area (Å²) in [6, 6.07) is 3.43. The van der Waals surface area contributed by atoms with Crippen molar-refractivity contribution in [3.05, 3.63) is 15.9 Å². The van der Waals surface area contributed by atoms with Crippen LogP contribution in [0.5, 0.6) is 0 Å². The largest absolute Gasteiger partial charge is 0.318 e. The number of halogens is 1. The van der Waals surface area contributed by atoms with Crippen LogP contribution in [0.4, 0.5) is 0 Å². The second kappa shape index (κ2) is 5.62. The Labute approximate surface area is 109 Å². The van der Waals surface area contributed by atoms with Gasteiger partial charge in [0.2, 0.25) is 0 Å². The minimum absolute atomic E-state index is 0.0957. The Morgan fingerprint density at radius 3 is 2.44 bits per heavy atom. The van der Waals surface area contributed by atoms with Crippen LogP contribution < -0.4 is 5.32 Å². The molecule has 1 rings (SSSR count). The lowest BCUT2D eigenvalue weighted by atomic mass is 10.1. The molecule has 0 saturated heterocycles. The first-order chi connectivity index (χ1) is 7.39. The van der Waals surface area contributed by atoms with E-state index in [2.05, 4.69) is 21.2 Å². The molecule has 0 aromatic carbocycles. The molecule has 0 bridgehead atoms. The molecule has 0 aliphatic rings. The predicted molar refractivity (Wildman–Crippen MR) is 71.8 cm³/mol. The molecular weight excluding hydrogens is 310 g/mol. The van der Waals surface area contributed by atoms with Crippen LogP contribution in [0.15, 0.2) is 20.1 Å². The van der Waals surface area contributed by atoms with E-state index in [1.54, 1.807) is 19.2 Å². The van der Waals surface area contributed by atoms with E-state index in [1.807, 2.05) is 13.8 Å². The van der Waals surface area contributed by atoms with Crippen LogP contribution in [-0.2, 0) is 9.84 Å². The first-order valence-corrected chi connectivity index (χ1v) is 8.19. The van der Waals surface area contributed by atoms with Crippen LogP contribution in [0.25, 0.3) is 0 Å². The van der Waals surface area contributed by atoms with E-state index >= 15 is 0 Å². The van der Waals surface area contributed by atoms with Gasteiger partial charge in [0.1, 0.15) is 4.21 Å². The zero-order valence-electron chi connectivity index (χ0n) is 9.53. The molecule has 0 saturated carbocycles. The Bertz CT molecular complexity index is 439. The molecular formula is C10H16BrNO2S2. The van der Waals surface area contributed by atoms with Crippen molar-refractivity contribution < 1.29 is 8.42 Å². The van der Waals surface area contributed by atoms with Gasteiger partial charge in [0, 0.05) is 6.54 Å². The molecule has 0 radical (unpaired) electrons. The van der Waals surface area contributed by atoms with E-state index < -0.39 is 9.84 Å². The van der Waals surface area contributed by atoms with Crippen LogP contribution in [0.2, 0.25) is 0 Å². The van der Waals surface area contributed by atoms with E-state index in [4.69, 9.17) is 0 Å². The maximum absolute atomic E-state index is 12.3. The molecule has 0 aliphatic carbocycles. The Kier molecular flexibility index (Phi) is 4.97. The molecule has 1 heterocycles. The normalized spacial score (nSPS) is 14.3. The highest BCUT2D eigenvalue weighted by Gasteiger charge is 2.30. The summed E-state index contributed by atoms with van der Waals surface area (Å²) in [7, 11) is -1.44. The SMILES string of the molecule is CNCC(C(C)C)S(=O)(=O)c1ccc(Br)s1. The van der Waals surface area contributed by atoms with Crippen molar-refractivity contribution in [3.8, 4) is 0 Å². The van der Waals surface area contributed by atoms with Crippen molar-refractivity contribution in [2.24, 2.45) is 5.92 Å². The first-order valence-electron chi connectivity index (χ1n) is 5.03. The van der Waals surface area contributed by atoms with Gasteiger partial charge in [-0.2, -0.15) is 0 Å². The fourth-order valence-corrected chi connectivity index (χ4v) is 5.71. The molecule has 92 valence electrons. The van der Waals surface area contributed by atoms with Crippen molar-refractivity contribution >= 4 is 37.1 Å². The van der Waals surface area contributed by atoms with Crippen molar-refractivity contribution in [3.63, 3.8) is 0 Å². The van der Waals surface area contributed by atoms with Gasteiger partial charge in [0.25, 0.3) is 0 Å². The number of rotatable bonds is 5. The van der Waals surface area contributed by atoms with E-state index in [0.717, 1.165) is 3.79 Å². The van der Waals surface area contributed by atoms with Crippen molar-refractivity contribution in [1.82, 2.24) is 5.32 Å². The van der Waals surface area contributed by atoms with Gasteiger partial charge in [0.15, 0.2) is 9.84 Å². The smallest absolute Gasteiger partial charge is 0.192 e. The highest BCUT2D eigenvalue weighted by molar-refractivity contribution is 9.11. The molecule has 1 atom stereocenters. The van der Waals surface area contributed by atoms with Gasteiger partial charge in [0.05, 0.1) is 9.04 Å². The number of hydrogen-bond donors (Lipinski definition) is 1. The second-order valence-electron chi connectivity index (χ2n) is 3.94. The summed E-state index contributed by atoms with van der Waals surface area (Å²) in [4.78, 5) is 0. The molecule has 1 aromatic heterocycles. The Hall–Kier alpha value is 0.0900. The van der Waals surface area contributed by atoms with Crippen molar-refractivity contribution in [2.45, 2.75) is 23.3 Å². The van der Waals surface area contributed by atoms with Crippen molar-refractivity contribution in [2.75, 3.05) is 13.6 Å². The lowest BCUT2D eigenvalue weighted by Crippen LogP contribution is -2.35. The van der Waals surface area contributed by atoms with E-state index in [9.17, 15) is 8.42 Å². The summed E-state index contributed by atoms with van der Waals surface area (Å²) < 4.78 is 25.9. The van der Waals surface area contributed by atoms with Gasteiger partial charge in [-0.05, 0) is 41.0 Å².